The number of nitrogens with zero attached hydrogens (tertiary/aromatic N) is 1. The van der Waals surface area contributed by atoms with Crippen molar-refractivity contribution < 1.29 is 8.42 Å². The summed E-state index contributed by atoms with van der Waals surface area (Å²) in [4.78, 5) is 2.64. The average Bonchev–Trinajstić information content (AvgIpc) is 3.37. The lowest BCUT2D eigenvalue weighted by molar-refractivity contribution is 0.425. The molecule has 2 N–H and O–H groups in total. The maximum atomic E-state index is 13.3. The largest absolute Gasteiger partial charge is 0.378 e. The Hall–Kier alpha value is -3.25. The Morgan fingerprint density at radius 2 is 1.72 bits per heavy atom. The summed E-state index contributed by atoms with van der Waals surface area (Å²) in [6, 6.07) is 20.3. The number of hydrogen-bond acceptors (Lipinski definition) is 4. The molecule has 1 heterocycles. The number of benzene rings is 3. The summed E-state index contributed by atoms with van der Waals surface area (Å²) in [6.45, 7) is 10.3. The standard InChI is InChI=1S/C30H35N3O2S/c1-5-33(6-2)23-13-11-22(12-14-23)30-26-9-7-8-25(26)27-19-24(15-17-29(27)31-30)36(34,35)32-28-16-10-20(3)18-21(28)4/h7-8,10-19,25-26,30-32H,5-6,9H2,1-4H3. The topological polar surface area (TPSA) is 61.4 Å². The summed E-state index contributed by atoms with van der Waals surface area (Å²) >= 11 is 0. The Balaban J connectivity index is 1.44. The highest BCUT2D eigenvalue weighted by Crippen LogP contribution is 2.50. The fourth-order valence-corrected chi connectivity index (χ4v) is 6.85. The first kappa shape index (κ1) is 24.4. The molecule has 0 saturated heterocycles. The molecule has 5 nitrogen and oxygen atoms in total. The molecule has 0 saturated carbocycles. The minimum absolute atomic E-state index is 0.180. The molecule has 6 heteroatoms. The van der Waals surface area contributed by atoms with Gasteiger partial charge >= 0.3 is 0 Å². The molecule has 1 aliphatic carbocycles. The van der Waals surface area contributed by atoms with Gasteiger partial charge in [0.15, 0.2) is 0 Å². The van der Waals surface area contributed by atoms with Gasteiger partial charge in [0.1, 0.15) is 0 Å². The van der Waals surface area contributed by atoms with Crippen LogP contribution in [0.3, 0.4) is 0 Å². The Bertz CT molecular complexity index is 1390. The van der Waals surface area contributed by atoms with Crippen LogP contribution in [0.1, 0.15) is 54.5 Å². The number of hydrogen-bond donors (Lipinski definition) is 2. The maximum absolute atomic E-state index is 13.3. The van der Waals surface area contributed by atoms with Crippen molar-refractivity contribution >= 4 is 27.1 Å². The summed E-state index contributed by atoms with van der Waals surface area (Å²) in [5.41, 5.74) is 7.19. The zero-order chi connectivity index (χ0) is 25.4. The number of allylic oxidation sites excluding steroid dienone is 2. The zero-order valence-electron chi connectivity index (χ0n) is 21.5. The Morgan fingerprint density at radius 1 is 0.972 bits per heavy atom. The van der Waals surface area contributed by atoms with E-state index in [-0.39, 0.29) is 12.0 Å². The zero-order valence-corrected chi connectivity index (χ0v) is 22.3. The molecule has 0 radical (unpaired) electrons. The summed E-state index contributed by atoms with van der Waals surface area (Å²) in [6.07, 6.45) is 5.45. The second-order valence-corrected chi connectivity index (χ2v) is 11.6. The van der Waals surface area contributed by atoms with Gasteiger partial charge in [-0.15, -0.1) is 0 Å². The van der Waals surface area contributed by atoms with E-state index in [2.05, 4.69) is 65.2 Å². The van der Waals surface area contributed by atoms with Crippen LogP contribution >= 0.6 is 0 Å². The molecule has 36 heavy (non-hydrogen) atoms. The molecule has 3 unspecified atom stereocenters. The first-order valence-corrected chi connectivity index (χ1v) is 14.3. The van der Waals surface area contributed by atoms with E-state index >= 15 is 0 Å². The summed E-state index contributed by atoms with van der Waals surface area (Å²) in [7, 11) is -3.70. The second kappa shape index (κ2) is 9.66. The molecular weight excluding hydrogens is 466 g/mol. The molecular formula is C30H35N3O2S. The molecule has 0 aromatic heterocycles. The molecule has 5 rings (SSSR count). The quantitative estimate of drug-likeness (QED) is 0.351. The van der Waals surface area contributed by atoms with Crippen molar-refractivity contribution in [3.8, 4) is 0 Å². The van der Waals surface area contributed by atoms with Gasteiger partial charge in [0.2, 0.25) is 0 Å². The van der Waals surface area contributed by atoms with Crippen LogP contribution in [0, 0.1) is 19.8 Å². The molecule has 0 amide bonds. The van der Waals surface area contributed by atoms with E-state index in [1.165, 1.54) is 11.3 Å². The van der Waals surface area contributed by atoms with E-state index in [1.54, 1.807) is 6.07 Å². The smallest absolute Gasteiger partial charge is 0.261 e. The molecule has 3 aromatic carbocycles. The SMILES string of the molecule is CCN(CC)c1ccc(C2Nc3ccc(S(=O)(=O)Nc4ccc(C)cc4C)cc3C3C=CCC32)cc1. The minimum Gasteiger partial charge on any atom is -0.378 e. The van der Waals surface area contributed by atoms with Crippen LogP contribution in [-0.4, -0.2) is 21.5 Å². The molecule has 3 aromatic rings. The number of rotatable bonds is 7. The number of aryl methyl sites for hydroxylation is 2. The second-order valence-electron chi connectivity index (χ2n) is 9.91. The predicted octanol–water partition coefficient (Wildman–Crippen LogP) is 6.78. The van der Waals surface area contributed by atoms with E-state index in [0.29, 0.717) is 16.5 Å². The van der Waals surface area contributed by atoms with E-state index in [4.69, 9.17) is 0 Å². The fourth-order valence-electron chi connectivity index (χ4n) is 5.68. The van der Waals surface area contributed by atoms with Crippen LogP contribution < -0.4 is 14.9 Å². The van der Waals surface area contributed by atoms with Gasteiger partial charge in [0.05, 0.1) is 16.6 Å². The van der Waals surface area contributed by atoms with Crippen molar-refractivity contribution in [1.29, 1.82) is 0 Å². The lowest BCUT2D eigenvalue weighted by Crippen LogP contribution is -2.29. The van der Waals surface area contributed by atoms with Crippen LogP contribution in [0.15, 0.2) is 77.7 Å². The summed E-state index contributed by atoms with van der Waals surface area (Å²) in [5, 5.41) is 3.74. The molecule has 2 aliphatic rings. The van der Waals surface area contributed by atoms with Gasteiger partial charge < -0.3 is 10.2 Å². The highest BCUT2D eigenvalue weighted by Gasteiger charge is 2.38. The van der Waals surface area contributed by atoms with Crippen molar-refractivity contribution in [1.82, 2.24) is 0 Å². The number of nitrogens with one attached hydrogen (secondary N) is 2. The van der Waals surface area contributed by atoms with Crippen LogP contribution in [0.2, 0.25) is 0 Å². The Kier molecular flexibility index (Phi) is 6.56. The first-order valence-electron chi connectivity index (χ1n) is 12.8. The van der Waals surface area contributed by atoms with Crippen LogP contribution in [-0.2, 0) is 10.0 Å². The van der Waals surface area contributed by atoms with Gasteiger partial charge in [0, 0.05) is 30.4 Å². The molecule has 1 aliphatic heterocycles. The number of anilines is 3. The molecule has 3 atom stereocenters. The normalized spacial score (nSPS) is 20.4. The molecule has 0 fully saturated rings. The average molecular weight is 502 g/mol. The van der Waals surface area contributed by atoms with E-state index in [9.17, 15) is 8.42 Å². The predicted molar refractivity (Wildman–Crippen MR) is 150 cm³/mol. The van der Waals surface area contributed by atoms with Crippen molar-refractivity contribution in [2.24, 2.45) is 5.92 Å². The van der Waals surface area contributed by atoms with Gasteiger partial charge in [-0.2, -0.15) is 0 Å². The van der Waals surface area contributed by atoms with Gasteiger partial charge in [-0.05, 0) is 93.1 Å². The third-order valence-corrected chi connectivity index (χ3v) is 9.01. The lowest BCUT2D eigenvalue weighted by Gasteiger charge is -2.38. The van der Waals surface area contributed by atoms with Gasteiger partial charge in [0.25, 0.3) is 10.0 Å². The first-order chi connectivity index (χ1) is 17.3. The van der Waals surface area contributed by atoms with Crippen molar-refractivity contribution in [2.75, 3.05) is 28.0 Å². The number of sulfonamides is 1. The van der Waals surface area contributed by atoms with E-state index in [0.717, 1.165) is 41.9 Å². The third kappa shape index (κ3) is 4.50. The van der Waals surface area contributed by atoms with E-state index in [1.807, 2.05) is 44.2 Å². The minimum atomic E-state index is -3.70. The monoisotopic (exact) mass is 501 g/mol. The third-order valence-electron chi connectivity index (χ3n) is 7.65. The van der Waals surface area contributed by atoms with Crippen LogP contribution in [0.5, 0.6) is 0 Å². The fraction of sp³-hybridized carbons (Fsp3) is 0.333. The van der Waals surface area contributed by atoms with Crippen molar-refractivity contribution in [3.63, 3.8) is 0 Å². The molecule has 188 valence electrons. The van der Waals surface area contributed by atoms with Gasteiger partial charge in [-0.1, -0.05) is 42.0 Å². The van der Waals surface area contributed by atoms with Crippen molar-refractivity contribution in [2.45, 2.75) is 51.0 Å². The van der Waals surface area contributed by atoms with Gasteiger partial charge in [-0.25, -0.2) is 8.42 Å². The Labute approximate surface area is 215 Å². The van der Waals surface area contributed by atoms with Crippen LogP contribution in [0.25, 0.3) is 0 Å². The summed E-state index contributed by atoms with van der Waals surface area (Å²) in [5.74, 6) is 0.534. The molecule has 0 spiro atoms. The van der Waals surface area contributed by atoms with Crippen molar-refractivity contribution in [3.05, 3.63) is 95.1 Å². The summed E-state index contributed by atoms with van der Waals surface area (Å²) < 4.78 is 29.4. The maximum Gasteiger partial charge on any atom is 0.261 e. The highest BCUT2D eigenvalue weighted by molar-refractivity contribution is 7.92. The van der Waals surface area contributed by atoms with Crippen LogP contribution in [0.4, 0.5) is 17.1 Å². The highest BCUT2D eigenvalue weighted by atomic mass is 32.2. The Morgan fingerprint density at radius 3 is 2.42 bits per heavy atom. The van der Waals surface area contributed by atoms with Gasteiger partial charge in [-0.3, -0.25) is 4.72 Å². The van der Waals surface area contributed by atoms with E-state index < -0.39 is 10.0 Å². The lowest BCUT2D eigenvalue weighted by atomic mass is 9.77. The number of fused-ring (bicyclic) bond motifs is 3. The molecule has 0 bridgehead atoms.